The van der Waals surface area contributed by atoms with E-state index in [1.807, 2.05) is 29.2 Å². The van der Waals surface area contributed by atoms with Crippen LogP contribution in [0.2, 0.25) is 0 Å². The van der Waals surface area contributed by atoms with Crippen LogP contribution >= 0.6 is 0 Å². The number of hydrogen-bond acceptors (Lipinski definition) is 4. The molecule has 0 aliphatic carbocycles. The third-order valence-corrected chi connectivity index (χ3v) is 5.05. The molecule has 0 aromatic heterocycles. The zero-order valence-corrected chi connectivity index (χ0v) is 13.9. The summed E-state index contributed by atoms with van der Waals surface area (Å²) in [5, 5.41) is 0. The van der Waals surface area contributed by atoms with Gasteiger partial charge in [0.25, 0.3) is 0 Å². The summed E-state index contributed by atoms with van der Waals surface area (Å²) < 4.78 is 16.5. The lowest BCUT2D eigenvalue weighted by Crippen LogP contribution is -2.47. The highest BCUT2D eigenvalue weighted by Crippen LogP contribution is 2.36. The molecule has 0 saturated carbocycles. The Bertz CT molecular complexity index is 534. The number of methoxy groups -OCH3 is 2. The maximum absolute atomic E-state index is 12.5. The first kappa shape index (κ1) is 16.3. The Morgan fingerprint density at radius 1 is 1.26 bits per heavy atom. The Morgan fingerprint density at radius 3 is 2.52 bits per heavy atom. The van der Waals surface area contributed by atoms with Gasteiger partial charge < -0.3 is 19.1 Å². The molecule has 1 atom stereocenters. The lowest BCUT2D eigenvalue weighted by atomic mass is 9.88. The number of likely N-dealkylation sites (tertiary alicyclic amines) is 1. The summed E-state index contributed by atoms with van der Waals surface area (Å²) in [7, 11) is 3.38. The molecule has 1 aromatic carbocycles. The molecule has 0 unspecified atom stereocenters. The molecule has 1 spiro atoms. The molecule has 126 valence electrons. The summed E-state index contributed by atoms with van der Waals surface area (Å²) in [6.45, 7) is 2.22. The molecular weight excluding hydrogens is 294 g/mol. The highest BCUT2D eigenvalue weighted by Gasteiger charge is 2.43. The van der Waals surface area contributed by atoms with Gasteiger partial charge in [0.15, 0.2) is 0 Å². The third kappa shape index (κ3) is 3.67. The van der Waals surface area contributed by atoms with Crippen molar-refractivity contribution >= 4 is 5.91 Å². The molecule has 5 nitrogen and oxygen atoms in total. The highest BCUT2D eigenvalue weighted by molar-refractivity contribution is 5.79. The van der Waals surface area contributed by atoms with Crippen LogP contribution < -0.4 is 4.74 Å². The summed E-state index contributed by atoms with van der Waals surface area (Å²) in [6, 6.07) is 7.69. The van der Waals surface area contributed by atoms with Gasteiger partial charge in [-0.25, -0.2) is 0 Å². The molecule has 3 rings (SSSR count). The van der Waals surface area contributed by atoms with Crippen LogP contribution in [0.3, 0.4) is 0 Å². The number of carbonyl (C=O) groups excluding carboxylic acids is 1. The summed E-state index contributed by atoms with van der Waals surface area (Å²) in [4.78, 5) is 14.4. The number of nitrogens with zero attached hydrogens (tertiary/aromatic N) is 1. The van der Waals surface area contributed by atoms with Crippen LogP contribution in [0, 0.1) is 0 Å². The van der Waals surface area contributed by atoms with Crippen LogP contribution in [0.5, 0.6) is 5.75 Å². The molecular formula is C18H25NO4. The number of ether oxygens (including phenoxy) is 3. The van der Waals surface area contributed by atoms with Crippen LogP contribution in [-0.4, -0.2) is 56.4 Å². The zero-order chi connectivity index (χ0) is 16.3. The van der Waals surface area contributed by atoms with E-state index in [1.165, 1.54) is 0 Å². The minimum atomic E-state index is -0.0719. The molecule has 2 heterocycles. The van der Waals surface area contributed by atoms with Crippen molar-refractivity contribution in [1.29, 1.82) is 0 Å². The summed E-state index contributed by atoms with van der Waals surface area (Å²) >= 11 is 0. The van der Waals surface area contributed by atoms with Crippen molar-refractivity contribution < 1.29 is 19.0 Å². The van der Waals surface area contributed by atoms with E-state index in [2.05, 4.69) is 0 Å². The monoisotopic (exact) mass is 319 g/mol. The van der Waals surface area contributed by atoms with Gasteiger partial charge in [-0.05, 0) is 30.5 Å². The van der Waals surface area contributed by atoms with Gasteiger partial charge in [-0.1, -0.05) is 12.1 Å². The van der Waals surface area contributed by atoms with E-state index in [-0.39, 0.29) is 17.6 Å². The maximum Gasteiger partial charge on any atom is 0.226 e. The average Bonchev–Trinajstić information content (AvgIpc) is 2.99. The van der Waals surface area contributed by atoms with Crippen molar-refractivity contribution in [3.63, 3.8) is 0 Å². The number of carbonyl (C=O) groups is 1. The Morgan fingerprint density at radius 2 is 1.96 bits per heavy atom. The van der Waals surface area contributed by atoms with Crippen molar-refractivity contribution in [2.24, 2.45) is 0 Å². The van der Waals surface area contributed by atoms with Gasteiger partial charge in [-0.3, -0.25) is 4.79 Å². The van der Waals surface area contributed by atoms with Gasteiger partial charge in [-0.15, -0.1) is 0 Å². The zero-order valence-electron chi connectivity index (χ0n) is 13.9. The van der Waals surface area contributed by atoms with Crippen molar-refractivity contribution in [3.05, 3.63) is 29.8 Å². The van der Waals surface area contributed by atoms with Crippen molar-refractivity contribution in [2.45, 2.75) is 37.4 Å². The normalized spacial score (nSPS) is 23.2. The molecule has 2 saturated heterocycles. The summed E-state index contributed by atoms with van der Waals surface area (Å²) in [6.07, 6.45) is 3.40. The van der Waals surface area contributed by atoms with E-state index >= 15 is 0 Å². The summed E-state index contributed by atoms with van der Waals surface area (Å²) in [5.74, 6) is 0.999. The third-order valence-electron chi connectivity index (χ3n) is 5.05. The second kappa shape index (κ2) is 6.89. The largest absolute Gasteiger partial charge is 0.497 e. The predicted octanol–water partition coefficient (Wildman–Crippen LogP) is 2.03. The number of benzene rings is 1. The van der Waals surface area contributed by atoms with Gasteiger partial charge in [0, 0.05) is 26.6 Å². The minimum absolute atomic E-state index is 0.0719. The van der Waals surface area contributed by atoms with Gasteiger partial charge in [-0.2, -0.15) is 0 Å². The van der Waals surface area contributed by atoms with Crippen LogP contribution in [0.4, 0.5) is 0 Å². The van der Waals surface area contributed by atoms with E-state index in [1.54, 1.807) is 14.2 Å². The topological polar surface area (TPSA) is 48.0 Å². The average molecular weight is 319 g/mol. The summed E-state index contributed by atoms with van der Waals surface area (Å²) in [5.41, 5.74) is 0.949. The molecule has 2 aliphatic rings. The van der Waals surface area contributed by atoms with E-state index in [9.17, 15) is 4.79 Å². The first-order valence-corrected chi connectivity index (χ1v) is 8.21. The van der Waals surface area contributed by atoms with Crippen molar-refractivity contribution in [3.8, 4) is 5.75 Å². The fourth-order valence-electron chi connectivity index (χ4n) is 3.50. The Balaban J connectivity index is 1.52. The number of hydrogen-bond donors (Lipinski definition) is 0. The Kier molecular flexibility index (Phi) is 4.87. The highest BCUT2D eigenvalue weighted by atomic mass is 16.6. The first-order valence-electron chi connectivity index (χ1n) is 8.21. The first-order chi connectivity index (χ1) is 11.1. The number of piperidine rings is 1. The van der Waals surface area contributed by atoms with E-state index in [0.29, 0.717) is 13.0 Å². The SMILES string of the molecule is COc1ccc(CC(=O)N2CCC3(CC2)C[C@H](OC)CO3)cc1. The second-order valence-corrected chi connectivity index (χ2v) is 6.46. The molecule has 23 heavy (non-hydrogen) atoms. The lowest BCUT2D eigenvalue weighted by molar-refractivity contribution is -0.135. The van der Waals surface area contributed by atoms with Crippen molar-refractivity contribution in [1.82, 2.24) is 4.90 Å². The molecule has 2 aliphatic heterocycles. The minimum Gasteiger partial charge on any atom is -0.497 e. The number of amides is 1. The van der Waals surface area contributed by atoms with Gasteiger partial charge in [0.05, 0.1) is 31.8 Å². The van der Waals surface area contributed by atoms with Crippen LogP contribution in [0.25, 0.3) is 0 Å². The Labute approximate surface area is 137 Å². The van der Waals surface area contributed by atoms with Gasteiger partial charge in [0.2, 0.25) is 5.91 Å². The van der Waals surface area contributed by atoms with Crippen LogP contribution in [0.1, 0.15) is 24.8 Å². The van der Waals surface area contributed by atoms with E-state index < -0.39 is 0 Å². The molecule has 0 N–H and O–H groups in total. The van der Waals surface area contributed by atoms with Crippen LogP contribution in [0.15, 0.2) is 24.3 Å². The lowest BCUT2D eigenvalue weighted by Gasteiger charge is -2.38. The van der Waals surface area contributed by atoms with Gasteiger partial charge in [0.1, 0.15) is 5.75 Å². The van der Waals surface area contributed by atoms with Crippen molar-refractivity contribution in [2.75, 3.05) is 33.9 Å². The van der Waals surface area contributed by atoms with E-state index in [4.69, 9.17) is 14.2 Å². The molecule has 1 aromatic rings. The molecule has 5 heteroatoms. The Hall–Kier alpha value is -1.59. The van der Waals surface area contributed by atoms with E-state index in [0.717, 1.165) is 43.7 Å². The fourth-order valence-corrected chi connectivity index (χ4v) is 3.50. The molecule has 0 radical (unpaired) electrons. The molecule has 2 fully saturated rings. The molecule has 1 amide bonds. The standard InChI is InChI=1S/C18H25NO4/c1-21-15-5-3-14(4-6-15)11-17(20)19-9-7-18(8-10-19)12-16(22-2)13-23-18/h3-6,16H,7-13H2,1-2H3/t16-/m0/s1. The van der Waals surface area contributed by atoms with Gasteiger partial charge >= 0.3 is 0 Å². The quantitative estimate of drug-likeness (QED) is 0.852. The predicted molar refractivity (Wildman–Crippen MR) is 86.6 cm³/mol. The smallest absolute Gasteiger partial charge is 0.226 e. The fraction of sp³-hybridized carbons (Fsp3) is 0.611. The molecule has 0 bridgehead atoms. The van der Waals surface area contributed by atoms with Crippen LogP contribution in [-0.2, 0) is 20.7 Å². The number of rotatable bonds is 4. The maximum atomic E-state index is 12.5. The second-order valence-electron chi connectivity index (χ2n) is 6.46.